The van der Waals surface area contributed by atoms with Crippen molar-refractivity contribution in [3.05, 3.63) is 60.1 Å². The molecular weight excluding hydrogens is 210 g/mol. The van der Waals surface area contributed by atoms with Crippen LogP contribution in [0.4, 0.5) is 0 Å². The van der Waals surface area contributed by atoms with E-state index in [9.17, 15) is 0 Å². The molecule has 1 aromatic carbocycles. The Morgan fingerprint density at radius 1 is 1.06 bits per heavy atom. The predicted molar refractivity (Wildman–Crippen MR) is 70.0 cm³/mol. The highest BCUT2D eigenvalue weighted by molar-refractivity contribution is 5.19. The van der Waals surface area contributed by atoms with Gasteiger partial charge in [-0.2, -0.15) is 0 Å². The summed E-state index contributed by atoms with van der Waals surface area (Å²) in [5.41, 5.74) is 1.37. The molecule has 1 heterocycles. The maximum absolute atomic E-state index is 5.37. The monoisotopic (exact) mass is 229 g/mol. The zero-order valence-electron chi connectivity index (χ0n) is 10.4. The van der Waals surface area contributed by atoms with Crippen LogP contribution in [0.2, 0.25) is 0 Å². The molecule has 2 heteroatoms. The first-order valence-corrected chi connectivity index (χ1v) is 6.09. The van der Waals surface area contributed by atoms with Gasteiger partial charge in [-0.1, -0.05) is 37.3 Å². The summed E-state index contributed by atoms with van der Waals surface area (Å²) < 4.78 is 5.37. The van der Waals surface area contributed by atoms with Crippen molar-refractivity contribution in [2.75, 3.05) is 6.54 Å². The number of hydrogen-bond acceptors (Lipinski definition) is 2. The van der Waals surface area contributed by atoms with Crippen LogP contribution in [0.25, 0.3) is 0 Å². The lowest BCUT2D eigenvalue weighted by atomic mass is 10.0. The Hall–Kier alpha value is -1.54. The maximum atomic E-state index is 5.37. The van der Waals surface area contributed by atoms with Gasteiger partial charge in [0.1, 0.15) is 5.76 Å². The van der Waals surface area contributed by atoms with Crippen LogP contribution in [-0.4, -0.2) is 6.54 Å². The lowest BCUT2D eigenvalue weighted by Gasteiger charge is -2.16. The number of nitrogens with one attached hydrogen (secondary N) is 1. The summed E-state index contributed by atoms with van der Waals surface area (Å²) in [7, 11) is 0. The maximum Gasteiger partial charge on any atom is 0.120 e. The molecule has 0 aliphatic heterocycles. The number of benzene rings is 1. The first kappa shape index (κ1) is 11.9. The highest BCUT2D eigenvalue weighted by Gasteiger charge is 2.10. The molecule has 0 radical (unpaired) electrons. The molecule has 1 aromatic heterocycles. The minimum absolute atomic E-state index is 0.260. The molecule has 2 unspecified atom stereocenters. The van der Waals surface area contributed by atoms with E-state index in [0.29, 0.717) is 5.92 Å². The standard InChI is InChI=1S/C15H19NO/c1-12(14-7-4-3-5-8-14)11-16-13(2)15-9-6-10-17-15/h3-10,12-13,16H,11H2,1-2H3. The molecule has 0 saturated carbocycles. The van der Waals surface area contributed by atoms with Crippen LogP contribution >= 0.6 is 0 Å². The Kier molecular flexibility index (Phi) is 3.99. The fourth-order valence-corrected chi connectivity index (χ4v) is 1.89. The first-order chi connectivity index (χ1) is 8.27. The van der Waals surface area contributed by atoms with Gasteiger partial charge in [0.05, 0.1) is 12.3 Å². The normalized spacial score (nSPS) is 14.5. The fourth-order valence-electron chi connectivity index (χ4n) is 1.89. The van der Waals surface area contributed by atoms with Crippen LogP contribution in [0.15, 0.2) is 53.1 Å². The molecule has 0 fully saturated rings. The van der Waals surface area contributed by atoms with E-state index in [-0.39, 0.29) is 6.04 Å². The van der Waals surface area contributed by atoms with E-state index in [4.69, 9.17) is 4.42 Å². The van der Waals surface area contributed by atoms with Crippen LogP contribution in [0.5, 0.6) is 0 Å². The highest BCUT2D eigenvalue weighted by Crippen LogP contribution is 2.16. The predicted octanol–water partition coefficient (Wildman–Crippen LogP) is 3.73. The topological polar surface area (TPSA) is 25.2 Å². The first-order valence-electron chi connectivity index (χ1n) is 6.09. The number of rotatable bonds is 5. The summed E-state index contributed by atoms with van der Waals surface area (Å²) >= 11 is 0. The highest BCUT2D eigenvalue weighted by atomic mass is 16.3. The zero-order chi connectivity index (χ0) is 12.1. The average molecular weight is 229 g/mol. The van der Waals surface area contributed by atoms with Crippen molar-refractivity contribution < 1.29 is 4.42 Å². The number of furan rings is 1. The van der Waals surface area contributed by atoms with Crippen LogP contribution < -0.4 is 5.32 Å². The van der Waals surface area contributed by atoms with Gasteiger partial charge in [-0.25, -0.2) is 0 Å². The van der Waals surface area contributed by atoms with Gasteiger partial charge in [-0.15, -0.1) is 0 Å². The zero-order valence-corrected chi connectivity index (χ0v) is 10.4. The summed E-state index contributed by atoms with van der Waals surface area (Å²) in [6.45, 7) is 5.31. The second kappa shape index (κ2) is 5.69. The summed E-state index contributed by atoms with van der Waals surface area (Å²) in [4.78, 5) is 0. The molecule has 0 spiro atoms. The van der Waals surface area contributed by atoms with Gasteiger partial charge < -0.3 is 9.73 Å². The van der Waals surface area contributed by atoms with Crippen molar-refractivity contribution in [2.24, 2.45) is 0 Å². The summed E-state index contributed by atoms with van der Waals surface area (Å²) in [6.07, 6.45) is 1.72. The van der Waals surface area contributed by atoms with Gasteiger partial charge in [-0.05, 0) is 30.5 Å². The van der Waals surface area contributed by atoms with Crippen LogP contribution in [-0.2, 0) is 0 Å². The minimum Gasteiger partial charge on any atom is -0.468 e. The molecule has 90 valence electrons. The van der Waals surface area contributed by atoms with Crippen molar-refractivity contribution >= 4 is 0 Å². The number of hydrogen-bond donors (Lipinski definition) is 1. The van der Waals surface area contributed by atoms with E-state index in [0.717, 1.165) is 12.3 Å². The third-order valence-corrected chi connectivity index (χ3v) is 3.07. The second-order valence-corrected chi connectivity index (χ2v) is 4.46. The molecule has 2 aromatic rings. The Morgan fingerprint density at radius 3 is 2.47 bits per heavy atom. The van der Waals surface area contributed by atoms with Crippen LogP contribution in [0, 0.1) is 0 Å². The van der Waals surface area contributed by atoms with E-state index in [2.05, 4.69) is 49.5 Å². The Morgan fingerprint density at radius 2 is 1.82 bits per heavy atom. The Bertz CT molecular complexity index is 421. The van der Waals surface area contributed by atoms with Crippen molar-refractivity contribution in [1.82, 2.24) is 5.32 Å². The van der Waals surface area contributed by atoms with Gasteiger partial charge in [0.25, 0.3) is 0 Å². The molecule has 2 nitrogen and oxygen atoms in total. The van der Waals surface area contributed by atoms with Crippen LogP contribution in [0.3, 0.4) is 0 Å². The van der Waals surface area contributed by atoms with Gasteiger partial charge in [0.15, 0.2) is 0 Å². The molecule has 0 bridgehead atoms. The second-order valence-electron chi connectivity index (χ2n) is 4.46. The van der Waals surface area contributed by atoms with E-state index in [1.165, 1.54) is 5.56 Å². The molecule has 0 saturated heterocycles. The SMILES string of the molecule is CC(CNC(C)c1ccco1)c1ccccc1. The molecule has 17 heavy (non-hydrogen) atoms. The summed E-state index contributed by atoms with van der Waals surface area (Å²) in [6, 6.07) is 14.8. The Balaban J connectivity index is 1.86. The molecule has 0 aliphatic carbocycles. The molecule has 2 rings (SSSR count). The lowest BCUT2D eigenvalue weighted by Crippen LogP contribution is -2.23. The minimum atomic E-state index is 0.260. The van der Waals surface area contributed by atoms with E-state index in [1.807, 2.05) is 12.1 Å². The molecule has 0 aliphatic rings. The third kappa shape index (κ3) is 3.21. The summed E-state index contributed by atoms with van der Waals surface area (Å²) in [5, 5.41) is 3.49. The van der Waals surface area contributed by atoms with Crippen LogP contribution in [0.1, 0.15) is 37.1 Å². The molecule has 2 atom stereocenters. The molecule has 0 amide bonds. The molecule has 1 N–H and O–H groups in total. The van der Waals surface area contributed by atoms with Crippen molar-refractivity contribution in [3.8, 4) is 0 Å². The quantitative estimate of drug-likeness (QED) is 0.845. The Labute approximate surface area is 103 Å². The smallest absolute Gasteiger partial charge is 0.120 e. The van der Waals surface area contributed by atoms with Gasteiger partial charge in [0.2, 0.25) is 0 Å². The third-order valence-electron chi connectivity index (χ3n) is 3.07. The largest absolute Gasteiger partial charge is 0.468 e. The fraction of sp³-hybridized carbons (Fsp3) is 0.333. The van der Waals surface area contributed by atoms with E-state index >= 15 is 0 Å². The average Bonchev–Trinajstić information content (AvgIpc) is 2.90. The summed E-state index contributed by atoms with van der Waals surface area (Å²) in [5.74, 6) is 1.50. The van der Waals surface area contributed by atoms with Gasteiger partial charge >= 0.3 is 0 Å². The molecular formula is C15H19NO. The van der Waals surface area contributed by atoms with Crippen molar-refractivity contribution in [3.63, 3.8) is 0 Å². The van der Waals surface area contributed by atoms with Crippen molar-refractivity contribution in [1.29, 1.82) is 0 Å². The van der Waals surface area contributed by atoms with Gasteiger partial charge in [-0.3, -0.25) is 0 Å². The van der Waals surface area contributed by atoms with Gasteiger partial charge in [0, 0.05) is 6.54 Å². The lowest BCUT2D eigenvalue weighted by molar-refractivity contribution is 0.424. The van der Waals surface area contributed by atoms with E-state index in [1.54, 1.807) is 6.26 Å². The van der Waals surface area contributed by atoms with Crippen molar-refractivity contribution in [2.45, 2.75) is 25.8 Å². The van der Waals surface area contributed by atoms with E-state index < -0.39 is 0 Å².